The van der Waals surface area contributed by atoms with E-state index in [9.17, 15) is 0 Å². The number of nitriles is 1. The van der Waals surface area contributed by atoms with Crippen molar-refractivity contribution in [2.45, 2.75) is 19.8 Å². The highest BCUT2D eigenvalue weighted by atomic mass is 15.1. The predicted octanol–water partition coefficient (Wildman–Crippen LogP) is 3.32. The lowest BCUT2D eigenvalue weighted by molar-refractivity contribution is 0.290. The Balaban J connectivity index is 1.69. The average molecular weight is 308 g/mol. The Hall–Kier alpha value is -2.38. The Labute approximate surface area is 138 Å². The van der Waals surface area contributed by atoms with Gasteiger partial charge in [-0.25, -0.2) is 4.98 Å². The van der Waals surface area contributed by atoms with E-state index in [0.717, 1.165) is 44.7 Å². The van der Waals surface area contributed by atoms with Crippen molar-refractivity contribution in [2.24, 2.45) is 0 Å². The van der Waals surface area contributed by atoms with Gasteiger partial charge < -0.3 is 10.2 Å². The monoisotopic (exact) mass is 308 g/mol. The average Bonchev–Trinajstić information content (AvgIpc) is 2.62. The maximum Gasteiger partial charge on any atom is 0.140 e. The molecular weight excluding hydrogens is 284 g/mol. The normalized spacial score (nSPS) is 10.5. The van der Waals surface area contributed by atoms with E-state index in [-0.39, 0.29) is 0 Å². The molecule has 0 radical (unpaired) electrons. The lowest BCUT2D eigenvalue weighted by Gasteiger charge is -2.20. The van der Waals surface area contributed by atoms with Gasteiger partial charge in [0.05, 0.1) is 0 Å². The van der Waals surface area contributed by atoms with E-state index in [2.05, 4.69) is 40.3 Å². The Morgan fingerprint density at radius 3 is 2.65 bits per heavy atom. The fraction of sp³-hybridized carbons (Fsp3) is 0.368. The molecule has 1 aromatic carbocycles. The van der Waals surface area contributed by atoms with Gasteiger partial charge in [-0.1, -0.05) is 31.2 Å². The van der Waals surface area contributed by atoms with E-state index >= 15 is 0 Å². The molecule has 0 aliphatic rings. The smallest absolute Gasteiger partial charge is 0.140 e. The summed E-state index contributed by atoms with van der Waals surface area (Å²) in [6.45, 7) is 6.23. The SMILES string of the molecule is CCN(CCCNc1ccccc1)CCc1cccc(C#N)n1. The maximum absolute atomic E-state index is 8.89. The molecule has 0 aliphatic heterocycles. The number of likely N-dealkylation sites (N-methyl/N-ethyl adjacent to an activating group) is 1. The van der Waals surface area contributed by atoms with Gasteiger partial charge in [0.15, 0.2) is 0 Å². The van der Waals surface area contributed by atoms with Crippen molar-refractivity contribution < 1.29 is 0 Å². The molecule has 1 N–H and O–H groups in total. The van der Waals surface area contributed by atoms with E-state index in [1.54, 1.807) is 6.07 Å². The second kappa shape index (κ2) is 9.60. The summed E-state index contributed by atoms with van der Waals surface area (Å²) >= 11 is 0. The third kappa shape index (κ3) is 6.09. The fourth-order valence-corrected chi connectivity index (χ4v) is 2.47. The molecule has 120 valence electrons. The van der Waals surface area contributed by atoms with Gasteiger partial charge in [0.2, 0.25) is 0 Å². The van der Waals surface area contributed by atoms with Gasteiger partial charge in [-0.2, -0.15) is 5.26 Å². The van der Waals surface area contributed by atoms with Crippen LogP contribution in [0, 0.1) is 11.3 Å². The predicted molar refractivity (Wildman–Crippen MR) is 94.3 cm³/mol. The highest BCUT2D eigenvalue weighted by Crippen LogP contribution is 2.05. The fourth-order valence-electron chi connectivity index (χ4n) is 2.47. The molecule has 0 fully saturated rings. The van der Waals surface area contributed by atoms with E-state index in [1.807, 2.05) is 30.3 Å². The van der Waals surface area contributed by atoms with Crippen LogP contribution < -0.4 is 5.32 Å². The number of nitrogens with one attached hydrogen (secondary N) is 1. The molecule has 0 bridgehead atoms. The molecule has 2 aromatic rings. The minimum absolute atomic E-state index is 0.498. The van der Waals surface area contributed by atoms with Crippen LogP contribution in [0.2, 0.25) is 0 Å². The van der Waals surface area contributed by atoms with Crippen molar-refractivity contribution in [3.8, 4) is 6.07 Å². The highest BCUT2D eigenvalue weighted by Gasteiger charge is 2.04. The van der Waals surface area contributed by atoms with Crippen LogP contribution in [0.3, 0.4) is 0 Å². The molecule has 0 spiro atoms. The summed E-state index contributed by atoms with van der Waals surface area (Å²) in [5.74, 6) is 0. The van der Waals surface area contributed by atoms with Gasteiger partial charge in [0, 0.05) is 30.9 Å². The van der Waals surface area contributed by atoms with Crippen LogP contribution in [-0.2, 0) is 6.42 Å². The molecule has 4 heteroatoms. The standard InChI is InChI=1S/C19H24N4/c1-2-23(14-7-13-21-17-8-4-3-5-9-17)15-12-18-10-6-11-19(16-20)22-18/h3-6,8-11,21H,2,7,12-15H2,1H3. The van der Waals surface area contributed by atoms with Crippen molar-refractivity contribution >= 4 is 5.69 Å². The van der Waals surface area contributed by atoms with Crippen molar-refractivity contribution in [2.75, 3.05) is 31.5 Å². The van der Waals surface area contributed by atoms with E-state index in [0.29, 0.717) is 5.69 Å². The first kappa shape index (κ1) is 17.0. The van der Waals surface area contributed by atoms with Crippen LogP contribution in [0.5, 0.6) is 0 Å². The summed E-state index contributed by atoms with van der Waals surface area (Å²) in [7, 11) is 0. The zero-order valence-corrected chi connectivity index (χ0v) is 13.7. The molecule has 0 amide bonds. The number of hydrogen-bond acceptors (Lipinski definition) is 4. The summed E-state index contributed by atoms with van der Waals surface area (Å²) in [6, 6.07) is 18.0. The van der Waals surface area contributed by atoms with E-state index in [4.69, 9.17) is 5.26 Å². The summed E-state index contributed by atoms with van der Waals surface area (Å²) in [5, 5.41) is 12.3. The number of rotatable bonds is 9. The van der Waals surface area contributed by atoms with Crippen LogP contribution in [0.4, 0.5) is 5.69 Å². The minimum atomic E-state index is 0.498. The topological polar surface area (TPSA) is 52.0 Å². The first-order valence-corrected chi connectivity index (χ1v) is 8.19. The summed E-state index contributed by atoms with van der Waals surface area (Å²) in [5.41, 5.74) is 2.66. The van der Waals surface area contributed by atoms with Crippen LogP contribution in [0.25, 0.3) is 0 Å². The van der Waals surface area contributed by atoms with E-state index < -0.39 is 0 Å². The second-order valence-electron chi connectivity index (χ2n) is 5.46. The molecule has 0 saturated carbocycles. The number of benzene rings is 1. The summed E-state index contributed by atoms with van der Waals surface area (Å²) < 4.78 is 0. The lowest BCUT2D eigenvalue weighted by Crippen LogP contribution is -2.28. The van der Waals surface area contributed by atoms with Gasteiger partial charge in [-0.3, -0.25) is 0 Å². The first-order valence-electron chi connectivity index (χ1n) is 8.19. The Morgan fingerprint density at radius 1 is 1.09 bits per heavy atom. The molecule has 1 heterocycles. The number of hydrogen-bond donors (Lipinski definition) is 1. The van der Waals surface area contributed by atoms with Gasteiger partial charge in [0.1, 0.15) is 11.8 Å². The van der Waals surface area contributed by atoms with Crippen molar-refractivity contribution in [1.29, 1.82) is 5.26 Å². The number of nitrogens with zero attached hydrogens (tertiary/aromatic N) is 3. The Morgan fingerprint density at radius 2 is 1.91 bits per heavy atom. The Bertz CT molecular complexity index is 619. The quantitative estimate of drug-likeness (QED) is 0.722. The first-order chi connectivity index (χ1) is 11.3. The van der Waals surface area contributed by atoms with Gasteiger partial charge in [-0.15, -0.1) is 0 Å². The zero-order chi connectivity index (χ0) is 16.3. The maximum atomic E-state index is 8.89. The minimum Gasteiger partial charge on any atom is -0.385 e. The largest absolute Gasteiger partial charge is 0.385 e. The van der Waals surface area contributed by atoms with Gasteiger partial charge in [0.25, 0.3) is 0 Å². The third-order valence-electron chi connectivity index (χ3n) is 3.81. The molecule has 2 rings (SSSR count). The zero-order valence-electron chi connectivity index (χ0n) is 13.7. The van der Waals surface area contributed by atoms with Crippen molar-refractivity contribution in [3.63, 3.8) is 0 Å². The van der Waals surface area contributed by atoms with Gasteiger partial charge >= 0.3 is 0 Å². The Kier molecular flexibility index (Phi) is 7.09. The number of anilines is 1. The lowest BCUT2D eigenvalue weighted by atomic mass is 10.2. The van der Waals surface area contributed by atoms with E-state index in [1.165, 1.54) is 5.69 Å². The van der Waals surface area contributed by atoms with Crippen LogP contribution >= 0.6 is 0 Å². The third-order valence-corrected chi connectivity index (χ3v) is 3.81. The molecule has 0 unspecified atom stereocenters. The summed E-state index contributed by atoms with van der Waals surface area (Å²) in [4.78, 5) is 6.76. The molecule has 0 atom stereocenters. The van der Waals surface area contributed by atoms with Crippen LogP contribution in [0.15, 0.2) is 48.5 Å². The molecule has 1 aromatic heterocycles. The molecule has 0 saturated heterocycles. The van der Waals surface area contributed by atoms with Crippen LogP contribution in [-0.4, -0.2) is 36.1 Å². The second-order valence-corrected chi connectivity index (χ2v) is 5.46. The number of para-hydroxylation sites is 1. The molecule has 4 nitrogen and oxygen atoms in total. The van der Waals surface area contributed by atoms with Gasteiger partial charge in [-0.05, 0) is 43.8 Å². The number of pyridine rings is 1. The molecule has 0 aliphatic carbocycles. The summed E-state index contributed by atoms with van der Waals surface area (Å²) in [6.07, 6.45) is 1.99. The number of aromatic nitrogens is 1. The van der Waals surface area contributed by atoms with Crippen LogP contribution in [0.1, 0.15) is 24.7 Å². The molecular formula is C19H24N4. The highest BCUT2D eigenvalue weighted by molar-refractivity contribution is 5.42. The van der Waals surface area contributed by atoms with Crippen molar-refractivity contribution in [1.82, 2.24) is 9.88 Å². The van der Waals surface area contributed by atoms with Crippen molar-refractivity contribution in [3.05, 3.63) is 59.9 Å². The molecule has 23 heavy (non-hydrogen) atoms.